The van der Waals surface area contributed by atoms with Crippen molar-refractivity contribution in [3.8, 4) is 0 Å². The Morgan fingerprint density at radius 3 is 2.45 bits per heavy atom. The van der Waals surface area contributed by atoms with Crippen molar-refractivity contribution in [2.45, 2.75) is 13.3 Å². The van der Waals surface area contributed by atoms with Crippen LogP contribution in [0.15, 0.2) is 28.8 Å². The zero-order valence-corrected chi connectivity index (χ0v) is 17.8. The molecule has 1 saturated heterocycles. The summed E-state index contributed by atoms with van der Waals surface area (Å²) in [5.74, 6) is -2.55. The minimum atomic E-state index is -0.798. The Labute approximate surface area is 180 Å². The van der Waals surface area contributed by atoms with Gasteiger partial charge in [-0.2, -0.15) is 0 Å². The summed E-state index contributed by atoms with van der Waals surface area (Å²) in [7, 11) is 0. The van der Waals surface area contributed by atoms with Gasteiger partial charge in [-0.05, 0) is 58.8 Å². The lowest BCUT2D eigenvalue weighted by Gasteiger charge is -2.16. The van der Waals surface area contributed by atoms with Crippen LogP contribution in [0.1, 0.15) is 12.0 Å². The number of amides is 3. The number of carbonyl (C=O) groups excluding carboxylic acids is 4. The van der Waals surface area contributed by atoms with Crippen LogP contribution in [0, 0.1) is 30.6 Å². The fraction of sp³-hybridized carbons (Fsp3) is 0.400. The molecule has 152 valence electrons. The number of benzene rings is 1. The van der Waals surface area contributed by atoms with Crippen LogP contribution in [0.3, 0.4) is 0 Å². The van der Waals surface area contributed by atoms with E-state index in [0.29, 0.717) is 20.7 Å². The molecule has 0 radical (unpaired) electrons. The van der Waals surface area contributed by atoms with E-state index < -0.39 is 25.0 Å². The summed E-state index contributed by atoms with van der Waals surface area (Å²) < 4.78 is 5.67. The number of fused-ring (bicyclic) bond motifs is 5. The predicted molar refractivity (Wildman–Crippen MR) is 108 cm³/mol. The molecule has 0 aromatic heterocycles. The van der Waals surface area contributed by atoms with Gasteiger partial charge in [0, 0.05) is 10.2 Å². The molecule has 1 aliphatic heterocycles. The minimum Gasteiger partial charge on any atom is -0.454 e. The highest BCUT2D eigenvalue weighted by atomic mass is 79.9. The second-order valence-electron chi connectivity index (χ2n) is 7.51. The number of halogens is 2. The number of nitrogens with one attached hydrogen (secondary N) is 1. The van der Waals surface area contributed by atoms with Gasteiger partial charge < -0.3 is 10.1 Å². The van der Waals surface area contributed by atoms with Crippen LogP contribution in [-0.2, 0) is 23.9 Å². The van der Waals surface area contributed by atoms with Crippen molar-refractivity contribution in [1.82, 2.24) is 4.90 Å². The maximum atomic E-state index is 12.6. The summed E-state index contributed by atoms with van der Waals surface area (Å²) in [4.78, 5) is 50.3. The number of nitrogens with zero attached hydrogens (tertiary/aromatic N) is 1. The Bertz CT molecular complexity index is 932. The van der Waals surface area contributed by atoms with Crippen molar-refractivity contribution in [1.29, 1.82) is 0 Å². The van der Waals surface area contributed by atoms with E-state index in [-0.39, 0.29) is 35.5 Å². The number of anilines is 1. The molecule has 9 heteroatoms. The van der Waals surface area contributed by atoms with Crippen LogP contribution < -0.4 is 5.32 Å². The van der Waals surface area contributed by atoms with Gasteiger partial charge in [-0.1, -0.05) is 23.8 Å². The van der Waals surface area contributed by atoms with Crippen molar-refractivity contribution in [2.24, 2.45) is 23.7 Å². The SMILES string of the molecule is Cc1c(NC(=O)COC(=O)CN2C(=O)[C@H]3[C@H](C2=O)[C@H]2C=C[C@H]3C2)ccc(Br)c1Cl. The van der Waals surface area contributed by atoms with E-state index in [1.165, 1.54) is 0 Å². The molecule has 29 heavy (non-hydrogen) atoms. The van der Waals surface area contributed by atoms with Crippen LogP contribution >= 0.6 is 27.5 Å². The maximum Gasteiger partial charge on any atom is 0.326 e. The summed E-state index contributed by atoms with van der Waals surface area (Å²) in [6.07, 6.45) is 4.80. The fourth-order valence-corrected chi connectivity index (χ4v) is 5.01. The molecule has 2 aliphatic carbocycles. The van der Waals surface area contributed by atoms with Gasteiger partial charge in [-0.15, -0.1) is 0 Å². The van der Waals surface area contributed by atoms with Crippen molar-refractivity contribution in [2.75, 3.05) is 18.5 Å². The predicted octanol–water partition coefficient (Wildman–Crippen LogP) is 2.70. The maximum absolute atomic E-state index is 12.6. The molecule has 0 spiro atoms. The van der Waals surface area contributed by atoms with Crippen molar-refractivity contribution < 1.29 is 23.9 Å². The molecular weight excluding hydrogens is 464 g/mol. The number of rotatable bonds is 5. The van der Waals surface area contributed by atoms with E-state index in [1.807, 2.05) is 12.2 Å². The quantitative estimate of drug-likeness (QED) is 0.397. The van der Waals surface area contributed by atoms with Gasteiger partial charge in [0.15, 0.2) is 6.61 Å². The van der Waals surface area contributed by atoms with Gasteiger partial charge in [0.1, 0.15) is 6.54 Å². The molecular formula is C20H18BrClN2O5. The Morgan fingerprint density at radius 1 is 1.21 bits per heavy atom. The number of hydrogen-bond donors (Lipinski definition) is 1. The van der Waals surface area contributed by atoms with Gasteiger partial charge in [0.2, 0.25) is 11.8 Å². The Hall–Kier alpha value is -2.19. The van der Waals surface area contributed by atoms with Gasteiger partial charge in [0.05, 0.1) is 16.9 Å². The zero-order chi connectivity index (χ0) is 20.9. The molecule has 1 N–H and O–H groups in total. The molecule has 0 unspecified atom stereocenters. The fourth-order valence-electron chi connectivity index (χ4n) is 4.41. The van der Waals surface area contributed by atoms with Crippen LogP contribution in [0.4, 0.5) is 5.69 Å². The minimum absolute atomic E-state index is 0.0780. The number of imide groups is 1. The second kappa shape index (κ2) is 7.57. The first-order valence-corrected chi connectivity index (χ1v) is 10.4. The van der Waals surface area contributed by atoms with Crippen LogP contribution in [0.2, 0.25) is 5.02 Å². The van der Waals surface area contributed by atoms with E-state index in [2.05, 4.69) is 21.2 Å². The smallest absolute Gasteiger partial charge is 0.326 e. The van der Waals surface area contributed by atoms with Crippen molar-refractivity contribution in [3.05, 3.63) is 39.3 Å². The lowest BCUT2D eigenvalue weighted by atomic mass is 9.85. The molecule has 2 fully saturated rings. The zero-order valence-electron chi connectivity index (χ0n) is 15.5. The van der Waals surface area contributed by atoms with E-state index >= 15 is 0 Å². The topological polar surface area (TPSA) is 92.8 Å². The lowest BCUT2D eigenvalue weighted by Crippen LogP contribution is -2.38. The Balaban J connectivity index is 1.31. The number of allylic oxidation sites excluding steroid dienone is 2. The normalized spacial score (nSPS) is 26.8. The average molecular weight is 482 g/mol. The molecule has 3 amide bonds. The summed E-state index contributed by atoms with van der Waals surface area (Å²) in [6.45, 7) is 0.751. The number of likely N-dealkylation sites (tertiary alicyclic amines) is 1. The van der Waals surface area contributed by atoms with Crippen LogP contribution in [0.25, 0.3) is 0 Å². The molecule has 7 nitrogen and oxygen atoms in total. The summed E-state index contributed by atoms with van der Waals surface area (Å²) in [5.41, 5.74) is 1.17. The second-order valence-corrected chi connectivity index (χ2v) is 8.74. The number of carbonyl (C=O) groups is 4. The van der Waals surface area contributed by atoms with Crippen LogP contribution in [0.5, 0.6) is 0 Å². The van der Waals surface area contributed by atoms with Crippen LogP contribution in [-0.4, -0.2) is 41.7 Å². The molecule has 1 heterocycles. The summed E-state index contributed by atoms with van der Waals surface area (Å²) >= 11 is 9.42. The van der Waals surface area contributed by atoms with Gasteiger partial charge >= 0.3 is 5.97 Å². The standard InChI is InChI=1S/C20H18BrClN2O5/c1-9-13(5-4-12(21)18(9)22)23-14(25)8-29-15(26)7-24-19(27)16-10-2-3-11(6-10)17(16)20(24)28/h2-5,10-11,16-17H,6-8H2,1H3,(H,23,25)/t10-,11-,16+,17+/m0/s1. The van der Waals surface area contributed by atoms with Gasteiger partial charge in [-0.25, -0.2) is 0 Å². The largest absolute Gasteiger partial charge is 0.454 e. The number of hydrogen-bond acceptors (Lipinski definition) is 5. The first kappa shape index (κ1) is 20.1. The molecule has 1 saturated carbocycles. The third-order valence-electron chi connectivity index (χ3n) is 5.83. The monoisotopic (exact) mass is 480 g/mol. The Morgan fingerprint density at radius 2 is 1.83 bits per heavy atom. The highest BCUT2D eigenvalue weighted by Crippen LogP contribution is 2.52. The lowest BCUT2D eigenvalue weighted by molar-refractivity contribution is -0.154. The molecule has 1 aromatic rings. The van der Waals surface area contributed by atoms with E-state index in [4.69, 9.17) is 16.3 Å². The van der Waals surface area contributed by atoms with E-state index in [0.717, 1.165) is 11.3 Å². The molecule has 4 rings (SSSR count). The van der Waals surface area contributed by atoms with Crippen molar-refractivity contribution >= 4 is 56.9 Å². The highest BCUT2D eigenvalue weighted by Gasteiger charge is 2.59. The van der Waals surface area contributed by atoms with E-state index in [1.54, 1.807) is 19.1 Å². The summed E-state index contributed by atoms with van der Waals surface area (Å²) in [5, 5.41) is 3.09. The highest BCUT2D eigenvalue weighted by molar-refractivity contribution is 9.10. The molecule has 4 atom stereocenters. The van der Waals surface area contributed by atoms with Gasteiger partial charge in [0.25, 0.3) is 5.91 Å². The number of ether oxygens (including phenoxy) is 1. The molecule has 3 aliphatic rings. The average Bonchev–Trinajstić information content (AvgIpc) is 3.37. The molecule has 1 aromatic carbocycles. The first-order chi connectivity index (χ1) is 13.8. The third-order valence-corrected chi connectivity index (χ3v) is 7.20. The van der Waals surface area contributed by atoms with Gasteiger partial charge in [-0.3, -0.25) is 24.1 Å². The number of esters is 1. The molecule has 2 bridgehead atoms. The Kier molecular flexibility index (Phi) is 5.25. The first-order valence-electron chi connectivity index (χ1n) is 9.21. The van der Waals surface area contributed by atoms with E-state index in [9.17, 15) is 19.2 Å². The van der Waals surface area contributed by atoms with Crippen molar-refractivity contribution in [3.63, 3.8) is 0 Å². The summed E-state index contributed by atoms with van der Waals surface area (Å²) in [6, 6.07) is 3.37. The third kappa shape index (κ3) is 3.48.